The van der Waals surface area contributed by atoms with Gasteiger partial charge in [0.1, 0.15) is 0 Å². The molecule has 1 heterocycles. The molecule has 1 aromatic rings. The molecule has 1 rings (SSSR count). The molecule has 0 aliphatic carbocycles. The lowest BCUT2D eigenvalue weighted by Crippen LogP contribution is -2.25. The highest BCUT2D eigenvalue weighted by atomic mass is 32.1. The maximum Gasteiger partial charge on any atom is 0.00453 e. The smallest absolute Gasteiger partial charge is 0.00453 e. The van der Waals surface area contributed by atoms with Gasteiger partial charge in [0.05, 0.1) is 0 Å². The van der Waals surface area contributed by atoms with Crippen molar-refractivity contribution in [3.05, 3.63) is 22.4 Å². The molecule has 2 heteroatoms. The molecule has 0 saturated heterocycles. The SMILES string of the molecule is CCNCC(C)C(C)CCc1cccs1. The van der Waals surface area contributed by atoms with E-state index in [-0.39, 0.29) is 0 Å². The molecule has 2 atom stereocenters. The van der Waals surface area contributed by atoms with Crippen molar-refractivity contribution in [3.8, 4) is 0 Å². The van der Waals surface area contributed by atoms with Gasteiger partial charge < -0.3 is 5.32 Å². The van der Waals surface area contributed by atoms with Crippen LogP contribution < -0.4 is 5.32 Å². The van der Waals surface area contributed by atoms with Crippen molar-refractivity contribution in [3.63, 3.8) is 0 Å². The maximum atomic E-state index is 3.42. The number of rotatable bonds is 7. The molecule has 0 radical (unpaired) electrons. The Bertz CT molecular complexity index is 243. The van der Waals surface area contributed by atoms with Gasteiger partial charge in [0.2, 0.25) is 0 Å². The van der Waals surface area contributed by atoms with E-state index in [1.54, 1.807) is 0 Å². The van der Waals surface area contributed by atoms with Crippen molar-refractivity contribution in [1.29, 1.82) is 0 Å². The summed E-state index contributed by atoms with van der Waals surface area (Å²) in [6.45, 7) is 9.13. The summed E-state index contributed by atoms with van der Waals surface area (Å²) in [7, 11) is 0. The molecule has 0 aliphatic rings. The number of nitrogens with one attached hydrogen (secondary N) is 1. The first-order valence-corrected chi connectivity index (χ1v) is 6.85. The number of aryl methyl sites for hydroxylation is 1. The third-order valence-corrected chi connectivity index (χ3v) is 4.05. The van der Waals surface area contributed by atoms with Gasteiger partial charge in [-0.1, -0.05) is 26.8 Å². The monoisotopic (exact) mass is 225 g/mol. The second-order valence-corrected chi connectivity index (χ2v) is 5.41. The Kier molecular flexibility index (Phi) is 5.96. The van der Waals surface area contributed by atoms with Crippen molar-refractivity contribution in [2.45, 2.75) is 33.6 Å². The fourth-order valence-electron chi connectivity index (χ4n) is 1.68. The summed E-state index contributed by atoms with van der Waals surface area (Å²) in [5.41, 5.74) is 0. The zero-order valence-corrected chi connectivity index (χ0v) is 10.9. The van der Waals surface area contributed by atoms with E-state index in [4.69, 9.17) is 0 Å². The molecule has 1 N–H and O–H groups in total. The van der Waals surface area contributed by atoms with E-state index < -0.39 is 0 Å². The lowest BCUT2D eigenvalue weighted by atomic mass is 9.91. The molecule has 0 spiro atoms. The van der Waals surface area contributed by atoms with Crippen LogP contribution in [-0.4, -0.2) is 13.1 Å². The Morgan fingerprint density at radius 3 is 2.73 bits per heavy atom. The minimum Gasteiger partial charge on any atom is -0.317 e. The molecular formula is C13H23NS. The average molecular weight is 225 g/mol. The predicted octanol–water partition coefficient (Wildman–Crippen LogP) is 3.56. The van der Waals surface area contributed by atoms with E-state index in [1.165, 1.54) is 17.7 Å². The quantitative estimate of drug-likeness (QED) is 0.748. The van der Waals surface area contributed by atoms with Gasteiger partial charge in [0, 0.05) is 4.88 Å². The zero-order valence-electron chi connectivity index (χ0n) is 10.1. The van der Waals surface area contributed by atoms with Crippen LogP contribution in [0.5, 0.6) is 0 Å². The summed E-state index contributed by atoms with van der Waals surface area (Å²) in [6, 6.07) is 4.39. The summed E-state index contributed by atoms with van der Waals surface area (Å²) < 4.78 is 0. The zero-order chi connectivity index (χ0) is 11.1. The van der Waals surface area contributed by atoms with E-state index in [2.05, 4.69) is 43.6 Å². The number of thiophene rings is 1. The second-order valence-electron chi connectivity index (χ2n) is 4.38. The Balaban J connectivity index is 2.20. The van der Waals surface area contributed by atoms with Gasteiger partial charge in [0.15, 0.2) is 0 Å². The molecule has 0 fully saturated rings. The van der Waals surface area contributed by atoms with Crippen molar-refractivity contribution < 1.29 is 0 Å². The molecular weight excluding hydrogens is 202 g/mol. The molecule has 15 heavy (non-hydrogen) atoms. The molecule has 0 saturated carbocycles. The highest BCUT2D eigenvalue weighted by Gasteiger charge is 2.11. The summed E-state index contributed by atoms with van der Waals surface area (Å²) in [5.74, 6) is 1.59. The standard InChI is InChI=1S/C13H23NS/c1-4-14-10-12(3)11(2)7-8-13-6-5-9-15-13/h5-6,9,11-12,14H,4,7-8,10H2,1-3H3. The van der Waals surface area contributed by atoms with Crippen molar-refractivity contribution in [2.24, 2.45) is 11.8 Å². The van der Waals surface area contributed by atoms with Crippen LogP contribution in [0.3, 0.4) is 0 Å². The first-order chi connectivity index (χ1) is 7.24. The number of hydrogen-bond acceptors (Lipinski definition) is 2. The van der Waals surface area contributed by atoms with Gasteiger partial charge in [0.25, 0.3) is 0 Å². The minimum atomic E-state index is 0.782. The number of hydrogen-bond donors (Lipinski definition) is 1. The Morgan fingerprint density at radius 1 is 1.33 bits per heavy atom. The second kappa shape index (κ2) is 7.02. The molecule has 1 aromatic heterocycles. The average Bonchev–Trinajstić information content (AvgIpc) is 2.75. The van der Waals surface area contributed by atoms with Crippen LogP contribution in [0.1, 0.15) is 32.1 Å². The van der Waals surface area contributed by atoms with Gasteiger partial charge in [-0.15, -0.1) is 11.3 Å². The van der Waals surface area contributed by atoms with Gasteiger partial charge in [-0.2, -0.15) is 0 Å². The highest BCUT2D eigenvalue weighted by molar-refractivity contribution is 7.09. The van der Waals surface area contributed by atoms with Gasteiger partial charge >= 0.3 is 0 Å². The Hall–Kier alpha value is -0.340. The largest absolute Gasteiger partial charge is 0.317 e. The van der Waals surface area contributed by atoms with Crippen LogP contribution in [0.25, 0.3) is 0 Å². The summed E-state index contributed by atoms with van der Waals surface area (Å²) in [6.07, 6.45) is 2.56. The fraction of sp³-hybridized carbons (Fsp3) is 0.692. The normalized spacial score (nSPS) is 15.1. The lowest BCUT2D eigenvalue weighted by molar-refractivity contribution is 0.351. The Morgan fingerprint density at radius 2 is 2.13 bits per heavy atom. The van der Waals surface area contributed by atoms with Crippen LogP contribution in [0, 0.1) is 11.8 Å². The van der Waals surface area contributed by atoms with Crippen molar-refractivity contribution in [1.82, 2.24) is 5.32 Å². The van der Waals surface area contributed by atoms with Crippen molar-refractivity contribution >= 4 is 11.3 Å². The fourth-order valence-corrected chi connectivity index (χ4v) is 2.41. The third kappa shape index (κ3) is 4.80. The van der Waals surface area contributed by atoms with Crippen LogP contribution in [0.4, 0.5) is 0 Å². The van der Waals surface area contributed by atoms with E-state index >= 15 is 0 Å². The molecule has 86 valence electrons. The summed E-state index contributed by atoms with van der Waals surface area (Å²) in [5, 5.41) is 5.59. The molecule has 1 nitrogen and oxygen atoms in total. The highest BCUT2D eigenvalue weighted by Crippen LogP contribution is 2.19. The van der Waals surface area contributed by atoms with E-state index in [1.807, 2.05) is 11.3 Å². The summed E-state index contributed by atoms with van der Waals surface area (Å²) >= 11 is 1.88. The topological polar surface area (TPSA) is 12.0 Å². The van der Waals surface area contributed by atoms with Crippen LogP contribution in [0.2, 0.25) is 0 Å². The van der Waals surface area contributed by atoms with Crippen LogP contribution >= 0.6 is 11.3 Å². The molecule has 0 amide bonds. The molecule has 2 unspecified atom stereocenters. The lowest BCUT2D eigenvalue weighted by Gasteiger charge is -2.19. The van der Waals surface area contributed by atoms with E-state index in [0.29, 0.717) is 0 Å². The van der Waals surface area contributed by atoms with Crippen molar-refractivity contribution in [2.75, 3.05) is 13.1 Å². The van der Waals surface area contributed by atoms with Gasteiger partial charge in [-0.25, -0.2) is 0 Å². The Labute approximate surface area is 97.9 Å². The van der Waals surface area contributed by atoms with E-state index in [0.717, 1.165) is 24.9 Å². The molecule has 0 bridgehead atoms. The van der Waals surface area contributed by atoms with Crippen LogP contribution in [0.15, 0.2) is 17.5 Å². The maximum absolute atomic E-state index is 3.42. The first-order valence-electron chi connectivity index (χ1n) is 5.97. The minimum absolute atomic E-state index is 0.782. The van der Waals surface area contributed by atoms with Crippen LogP contribution in [-0.2, 0) is 6.42 Å². The first kappa shape index (κ1) is 12.7. The van der Waals surface area contributed by atoms with Gasteiger partial charge in [-0.05, 0) is 49.2 Å². The van der Waals surface area contributed by atoms with Gasteiger partial charge in [-0.3, -0.25) is 0 Å². The predicted molar refractivity (Wildman–Crippen MR) is 69.5 cm³/mol. The summed E-state index contributed by atoms with van der Waals surface area (Å²) in [4.78, 5) is 1.53. The molecule has 0 aliphatic heterocycles. The molecule has 0 aromatic carbocycles. The third-order valence-electron chi connectivity index (χ3n) is 3.11. The van der Waals surface area contributed by atoms with E-state index in [9.17, 15) is 0 Å².